The van der Waals surface area contributed by atoms with Crippen LogP contribution in [0.1, 0.15) is 24.0 Å². The normalized spacial score (nSPS) is 14.4. The van der Waals surface area contributed by atoms with Crippen LogP contribution in [0.25, 0.3) is 0 Å². The molecular formula is C22H22ClF2N5O2S. The third-order valence-corrected chi connectivity index (χ3v) is 6.93. The van der Waals surface area contributed by atoms with Crippen molar-refractivity contribution in [2.45, 2.75) is 30.8 Å². The van der Waals surface area contributed by atoms with Crippen LogP contribution in [0.5, 0.6) is 0 Å². The number of sulfonamides is 1. The van der Waals surface area contributed by atoms with Gasteiger partial charge >= 0.3 is 0 Å². The minimum Gasteiger partial charge on any atom is -0.365 e. The Morgan fingerprint density at radius 3 is 2.58 bits per heavy atom. The number of halogens is 3. The summed E-state index contributed by atoms with van der Waals surface area (Å²) in [6.07, 6.45) is 3.39. The molecule has 2 N–H and O–H groups in total. The molecule has 33 heavy (non-hydrogen) atoms. The molecule has 0 amide bonds. The van der Waals surface area contributed by atoms with E-state index in [0.717, 1.165) is 43.8 Å². The zero-order chi connectivity index (χ0) is 23.4. The van der Waals surface area contributed by atoms with Crippen molar-refractivity contribution < 1.29 is 17.2 Å². The Kier molecular flexibility index (Phi) is 7.06. The molecule has 1 aliphatic rings. The zero-order valence-electron chi connectivity index (χ0n) is 17.6. The molecule has 1 saturated heterocycles. The minimum atomic E-state index is -4.08. The van der Waals surface area contributed by atoms with Gasteiger partial charge in [-0.1, -0.05) is 29.8 Å². The first-order valence-corrected chi connectivity index (χ1v) is 12.2. The van der Waals surface area contributed by atoms with Gasteiger partial charge in [0.05, 0.1) is 5.02 Å². The topological polar surface area (TPSA) is 87.2 Å². The van der Waals surface area contributed by atoms with E-state index in [1.54, 1.807) is 6.07 Å². The summed E-state index contributed by atoms with van der Waals surface area (Å²) in [5.41, 5.74) is 1.39. The van der Waals surface area contributed by atoms with Crippen LogP contribution in [0.4, 0.5) is 20.4 Å². The first-order chi connectivity index (χ1) is 15.8. The number of hydrogen-bond acceptors (Lipinski definition) is 6. The average Bonchev–Trinajstić information content (AvgIpc) is 3.27. The summed E-state index contributed by atoms with van der Waals surface area (Å²) in [5.74, 6) is -1.10. The molecule has 7 nitrogen and oxygen atoms in total. The highest BCUT2D eigenvalue weighted by molar-refractivity contribution is 7.92. The van der Waals surface area contributed by atoms with E-state index in [2.05, 4.69) is 24.9 Å². The quantitative estimate of drug-likeness (QED) is 0.452. The second-order valence-corrected chi connectivity index (χ2v) is 9.76. The third-order valence-electron chi connectivity index (χ3n) is 5.32. The lowest BCUT2D eigenvalue weighted by Crippen LogP contribution is -2.20. The average molecular weight is 494 g/mol. The molecule has 1 aromatic carbocycles. The van der Waals surface area contributed by atoms with Crippen LogP contribution < -0.4 is 10.0 Å². The maximum Gasteiger partial charge on any atom is 0.264 e. The van der Waals surface area contributed by atoms with Crippen LogP contribution in [0.15, 0.2) is 53.6 Å². The summed E-state index contributed by atoms with van der Waals surface area (Å²) >= 11 is 6.25. The van der Waals surface area contributed by atoms with E-state index in [9.17, 15) is 17.2 Å². The molecule has 2 aromatic heterocycles. The molecule has 4 rings (SSSR count). The molecule has 0 bridgehead atoms. The lowest BCUT2D eigenvalue weighted by Gasteiger charge is -2.18. The molecule has 0 atom stereocenters. The highest BCUT2D eigenvalue weighted by atomic mass is 35.5. The van der Waals surface area contributed by atoms with E-state index in [0.29, 0.717) is 12.1 Å². The van der Waals surface area contributed by atoms with Gasteiger partial charge in [0.15, 0.2) is 0 Å². The number of likely N-dealkylation sites (tertiary alicyclic amines) is 1. The van der Waals surface area contributed by atoms with E-state index in [1.807, 2.05) is 6.07 Å². The van der Waals surface area contributed by atoms with E-state index >= 15 is 0 Å². The number of rotatable bonds is 8. The number of aromatic nitrogens is 2. The van der Waals surface area contributed by atoms with Gasteiger partial charge in [-0.15, -0.1) is 0 Å². The second kappa shape index (κ2) is 9.98. The van der Waals surface area contributed by atoms with Crippen molar-refractivity contribution in [2.75, 3.05) is 23.1 Å². The summed E-state index contributed by atoms with van der Waals surface area (Å²) < 4.78 is 55.1. The zero-order valence-corrected chi connectivity index (χ0v) is 19.1. The van der Waals surface area contributed by atoms with Crippen LogP contribution >= 0.6 is 11.6 Å². The van der Waals surface area contributed by atoms with Gasteiger partial charge in [0, 0.05) is 24.8 Å². The predicted octanol–water partition coefficient (Wildman–Crippen LogP) is 4.42. The molecule has 0 aliphatic carbocycles. The molecule has 3 heterocycles. The Balaban J connectivity index is 1.48. The van der Waals surface area contributed by atoms with Gasteiger partial charge < -0.3 is 5.32 Å². The smallest absolute Gasteiger partial charge is 0.264 e. The summed E-state index contributed by atoms with van der Waals surface area (Å²) in [5, 5.41) is 3.04. The first-order valence-electron chi connectivity index (χ1n) is 10.4. The highest BCUT2D eigenvalue weighted by Gasteiger charge is 2.19. The molecular weight excluding hydrogens is 472 g/mol. The fourth-order valence-corrected chi connectivity index (χ4v) is 4.93. The summed E-state index contributed by atoms with van der Waals surface area (Å²) in [7, 11) is -4.08. The van der Waals surface area contributed by atoms with Crippen LogP contribution in [0.3, 0.4) is 0 Å². The Labute approximate surface area is 195 Å². The maximum absolute atomic E-state index is 14.6. The summed E-state index contributed by atoms with van der Waals surface area (Å²) in [4.78, 5) is 9.63. The van der Waals surface area contributed by atoms with Crippen molar-refractivity contribution in [3.05, 3.63) is 76.6 Å². The van der Waals surface area contributed by atoms with Crippen molar-refractivity contribution >= 4 is 33.3 Å². The standard InChI is InChI=1S/C22H22ClF2N5O2S/c23-18-11-16(33(31,32)29-21-8-4-7-20(25)28-21)12-26-22(18)27-13-17-15(5-3-6-19(17)24)14-30-9-1-2-10-30/h3-8,11-12H,1-2,9-10,13-14H2,(H,26,27)(H,28,29). The lowest BCUT2D eigenvalue weighted by atomic mass is 10.1. The monoisotopic (exact) mass is 493 g/mol. The number of nitrogens with zero attached hydrogens (tertiary/aromatic N) is 3. The van der Waals surface area contributed by atoms with Crippen LogP contribution in [-0.2, 0) is 23.1 Å². The van der Waals surface area contributed by atoms with Gasteiger partial charge in [0.25, 0.3) is 10.0 Å². The molecule has 0 radical (unpaired) electrons. The van der Waals surface area contributed by atoms with Gasteiger partial charge in [-0.25, -0.2) is 22.8 Å². The molecule has 11 heteroatoms. The van der Waals surface area contributed by atoms with Gasteiger partial charge in [-0.3, -0.25) is 9.62 Å². The molecule has 0 spiro atoms. The van der Waals surface area contributed by atoms with Crippen LogP contribution in [0, 0.1) is 11.8 Å². The van der Waals surface area contributed by atoms with E-state index in [4.69, 9.17) is 11.6 Å². The molecule has 3 aromatic rings. The molecule has 174 valence electrons. The molecule has 1 fully saturated rings. The largest absolute Gasteiger partial charge is 0.365 e. The summed E-state index contributed by atoms with van der Waals surface area (Å²) in [6, 6.07) is 9.96. The second-order valence-electron chi connectivity index (χ2n) is 7.67. The number of anilines is 2. The van der Waals surface area contributed by atoms with Gasteiger partial charge in [-0.05, 0) is 55.8 Å². The first kappa shape index (κ1) is 23.3. The molecule has 0 saturated carbocycles. The van der Waals surface area contributed by atoms with Gasteiger partial charge in [-0.2, -0.15) is 4.39 Å². The van der Waals surface area contributed by atoms with Crippen molar-refractivity contribution in [1.29, 1.82) is 0 Å². The minimum absolute atomic E-state index is 0.0440. The van der Waals surface area contributed by atoms with Crippen LogP contribution in [-0.4, -0.2) is 36.4 Å². The van der Waals surface area contributed by atoms with E-state index in [1.165, 1.54) is 24.3 Å². The molecule has 0 unspecified atom stereocenters. The van der Waals surface area contributed by atoms with Gasteiger partial charge in [0.2, 0.25) is 5.95 Å². The maximum atomic E-state index is 14.6. The van der Waals surface area contributed by atoms with Crippen molar-refractivity contribution in [1.82, 2.24) is 14.9 Å². The third kappa shape index (κ3) is 5.76. The predicted molar refractivity (Wildman–Crippen MR) is 122 cm³/mol. The number of nitrogens with one attached hydrogen (secondary N) is 2. The van der Waals surface area contributed by atoms with Crippen molar-refractivity contribution in [3.63, 3.8) is 0 Å². The Morgan fingerprint density at radius 1 is 1.09 bits per heavy atom. The van der Waals surface area contributed by atoms with Crippen molar-refractivity contribution in [3.8, 4) is 0 Å². The number of benzene rings is 1. The molecule has 1 aliphatic heterocycles. The van der Waals surface area contributed by atoms with Gasteiger partial charge in [0.1, 0.15) is 22.3 Å². The number of pyridine rings is 2. The summed E-state index contributed by atoms with van der Waals surface area (Å²) in [6.45, 7) is 2.78. The lowest BCUT2D eigenvalue weighted by molar-refractivity contribution is 0.329. The van der Waals surface area contributed by atoms with Crippen LogP contribution in [0.2, 0.25) is 5.02 Å². The number of hydrogen-bond donors (Lipinski definition) is 2. The van der Waals surface area contributed by atoms with Crippen molar-refractivity contribution in [2.24, 2.45) is 0 Å². The Hall–Kier alpha value is -2.82. The fraction of sp³-hybridized carbons (Fsp3) is 0.273. The SMILES string of the molecule is O=S(=O)(Nc1cccc(F)n1)c1cnc(NCc2c(F)cccc2CN2CCCC2)c(Cl)c1. The Morgan fingerprint density at radius 2 is 1.85 bits per heavy atom. The van der Waals surface area contributed by atoms with E-state index in [-0.39, 0.29) is 33.9 Å². The highest BCUT2D eigenvalue weighted by Crippen LogP contribution is 2.26. The Bertz CT molecular complexity index is 1250. The fourth-order valence-electron chi connectivity index (χ4n) is 3.66. The van der Waals surface area contributed by atoms with E-state index < -0.39 is 16.0 Å².